The second kappa shape index (κ2) is 7.50. The molecule has 2 atom stereocenters. The molecule has 0 N–H and O–H groups in total. The summed E-state index contributed by atoms with van der Waals surface area (Å²) < 4.78 is 0. The van der Waals surface area contributed by atoms with E-state index >= 15 is 0 Å². The minimum atomic E-state index is 0.142. The molecule has 20 heavy (non-hydrogen) atoms. The standard InChI is InChI=1S/C19H31Cl/c1-7-15-9-10-17(12-16(15)8-2)18(20)11-14(3)13-19(4,5)6/h9-10,12,14,18H,7-8,11,13H2,1-6H3. The summed E-state index contributed by atoms with van der Waals surface area (Å²) in [6.45, 7) is 13.7. The zero-order valence-electron chi connectivity index (χ0n) is 14.1. The van der Waals surface area contributed by atoms with E-state index in [0.717, 1.165) is 19.3 Å². The Balaban J connectivity index is 2.74. The molecule has 0 heterocycles. The fourth-order valence-electron chi connectivity index (χ4n) is 3.13. The van der Waals surface area contributed by atoms with Gasteiger partial charge in [0.25, 0.3) is 0 Å². The monoisotopic (exact) mass is 294 g/mol. The summed E-state index contributed by atoms with van der Waals surface area (Å²) in [5.41, 5.74) is 4.60. The topological polar surface area (TPSA) is 0 Å². The van der Waals surface area contributed by atoms with Crippen LogP contribution in [-0.4, -0.2) is 0 Å². The molecule has 0 aliphatic carbocycles. The third-order valence-electron chi connectivity index (χ3n) is 3.92. The molecule has 0 radical (unpaired) electrons. The Morgan fingerprint density at radius 2 is 1.65 bits per heavy atom. The van der Waals surface area contributed by atoms with Gasteiger partial charge in [0.1, 0.15) is 0 Å². The highest BCUT2D eigenvalue weighted by Crippen LogP contribution is 2.34. The van der Waals surface area contributed by atoms with E-state index in [1.54, 1.807) is 0 Å². The van der Waals surface area contributed by atoms with E-state index in [1.165, 1.54) is 23.1 Å². The Kier molecular flexibility index (Phi) is 6.58. The minimum Gasteiger partial charge on any atom is -0.118 e. The number of rotatable bonds is 6. The zero-order valence-corrected chi connectivity index (χ0v) is 14.8. The first-order valence-electron chi connectivity index (χ1n) is 8.02. The molecule has 0 aliphatic rings. The Morgan fingerprint density at radius 1 is 1.05 bits per heavy atom. The Hall–Kier alpha value is -0.490. The third kappa shape index (κ3) is 5.48. The van der Waals surface area contributed by atoms with E-state index in [4.69, 9.17) is 11.6 Å². The predicted molar refractivity (Wildman–Crippen MR) is 91.6 cm³/mol. The van der Waals surface area contributed by atoms with Crippen molar-refractivity contribution in [3.63, 3.8) is 0 Å². The van der Waals surface area contributed by atoms with E-state index in [1.807, 2.05) is 0 Å². The van der Waals surface area contributed by atoms with Crippen LogP contribution in [0.1, 0.15) is 76.5 Å². The van der Waals surface area contributed by atoms with E-state index in [-0.39, 0.29) is 5.38 Å². The predicted octanol–water partition coefficient (Wildman–Crippen LogP) is 6.55. The lowest BCUT2D eigenvalue weighted by atomic mass is 9.83. The maximum atomic E-state index is 6.65. The average molecular weight is 295 g/mol. The molecule has 0 fully saturated rings. The Bertz CT molecular complexity index is 414. The highest BCUT2D eigenvalue weighted by atomic mass is 35.5. The number of alkyl halides is 1. The molecule has 114 valence electrons. The molecule has 0 nitrogen and oxygen atoms in total. The van der Waals surface area contributed by atoms with Gasteiger partial charge in [-0.05, 0) is 53.7 Å². The molecule has 0 bridgehead atoms. The Labute approximate surface area is 130 Å². The lowest BCUT2D eigenvalue weighted by Gasteiger charge is -2.25. The van der Waals surface area contributed by atoms with Crippen LogP contribution in [0.2, 0.25) is 0 Å². The van der Waals surface area contributed by atoms with Crippen LogP contribution >= 0.6 is 11.6 Å². The largest absolute Gasteiger partial charge is 0.118 e. The van der Waals surface area contributed by atoms with Crippen molar-refractivity contribution in [2.24, 2.45) is 11.3 Å². The van der Waals surface area contributed by atoms with E-state index < -0.39 is 0 Å². The first kappa shape index (κ1) is 17.6. The maximum absolute atomic E-state index is 6.65. The van der Waals surface area contributed by atoms with E-state index in [0.29, 0.717) is 11.3 Å². The summed E-state index contributed by atoms with van der Waals surface area (Å²) in [7, 11) is 0. The molecular weight excluding hydrogens is 264 g/mol. The average Bonchev–Trinajstić information content (AvgIpc) is 2.35. The quantitative estimate of drug-likeness (QED) is 0.522. The first-order chi connectivity index (χ1) is 9.26. The fraction of sp³-hybridized carbons (Fsp3) is 0.684. The highest BCUT2D eigenvalue weighted by Gasteiger charge is 2.19. The van der Waals surface area contributed by atoms with Crippen LogP contribution in [0.5, 0.6) is 0 Å². The fourth-order valence-corrected chi connectivity index (χ4v) is 3.57. The summed E-state index contributed by atoms with van der Waals surface area (Å²) >= 11 is 6.65. The van der Waals surface area contributed by atoms with Crippen molar-refractivity contribution < 1.29 is 0 Å². The summed E-state index contributed by atoms with van der Waals surface area (Å²) in [4.78, 5) is 0. The van der Waals surface area contributed by atoms with E-state index in [9.17, 15) is 0 Å². The number of benzene rings is 1. The molecule has 1 aromatic carbocycles. The van der Waals surface area contributed by atoms with Crippen LogP contribution in [0, 0.1) is 11.3 Å². The van der Waals surface area contributed by atoms with Gasteiger partial charge in [-0.15, -0.1) is 11.6 Å². The van der Waals surface area contributed by atoms with Crippen molar-refractivity contribution >= 4 is 11.6 Å². The smallest absolute Gasteiger partial charge is 0.0587 e. The number of hydrogen-bond donors (Lipinski definition) is 0. The molecule has 1 heteroatoms. The highest BCUT2D eigenvalue weighted by molar-refractivity contribution is 6.20. The van der Waals surface area contributed by atoms with Crippen LogP contribution in [0.15, 0.2) is 18.2 Å². The molecule has 0 saturated carbocycles. The molecule has 0 saturated heterocycles. The number of hydrogen-bond acceptors (Lipinski definition) is 0. The number of halogens is 1. The van der Waals surface area contributed by atoms with Gasteiger partial charge < -0.3 is 0 Å². The summed E-state index contributed by atoms with van der Waals surface area (Å²) in [5, 5.41) is 0.142. The van der Waals surface area contributed by atoms with Gasteiger partial charge in [-0.25, -0.2) is 0 Å². The molecule has 1 aromatic rings. The molecule has 0 aromatic heterocycles. The van der Waals surface area contributed by atoms with Crippen LogP contribution in [0.25, 0.3) is 0 Å². The second-order valence-corrected chi connectivity index (χ2v) is 7.84. The van der Waals surface area contributed by atoms with Crippen molar-refractivity contribution in [3.8, 4) is 0 Å². The lowest BCUT2D eigenvalue weighted by Crippen LogP contribution is -2.12. The molecule has 1 rings (SSSR count). The number of aryl methyl sites for hydroxylation is 2. The molecule has 2 unspecified atom stereocenters. The van der Waals surface area contributed by atoms with Crippen molar-refractivity contribution in [1.82, 2.24) is 0 Å². The molecule has 0 aliphatic heterocycles. The van der Waals surface area contributed by atoms with Gasteiger partial charge in [-0.2, -0.15) is 0 Å². The molecular formula is C19H31Cl. The van der Waals surface area contributed by atoms with Crippen molar-refractivity contribution in [3.05, 3.63) is 34.9 Å². The van der Waals surface area contributed by atoms with Gasteiger partial charge in [-0.1, -0.05) is 59.7 Å². The van der Waals surface area contributed by atoms with Gasteiger partial charge in [-0.3, -0.25) is 0 Å². The second-order valence-electron chi connectivity index (χ2n) is 7.31. The van der Waals surface area contributed by atoms with Gasteiger partial charge >= 0.3 is 0 Å². The third-order valence-corrected chi connectivity index (χ3v) is 4.35. The van der Waals surface area contributed by atoms with Crippen molar-refractivity contribution in [2.45, 2.75) is 72.6 Å². The summed E-state index contributed by atoms with van der Waals surface area (Å²) in [5.74, 6) is 0.661. The van der Waals surface area contributed by atoms with Crippen LogP contribution in [-0.2, 0) is 12.8 Å². The van der Waals surface area contributed by atoms with Crippen molar-refractivity contribution in [2.75, 3.05) is 0 Å². The maximum Gasteiger partial charge on any atom is 0.0587 e. The normalized spacial score (nSPS) is 15.2. The van der Waals surface area contributed by atoms with Crippen LogP contribution < -0.4 is 0 Å². The molecule has 0 spiro atoms. The van der Waals surface area contributed by atoms with Crippen molar-refractivity contribution in [1.29, 1.82) is 0 Å². The Morgan fingerprint density at radius 3 is 2.15 bits per heavy atom. The minimum absolute atomic E-state index is 0.142. The lowest BCUT2D eigenvalue weighted by molar-refractivity contribution is 0.295. The molecule has 0 amide bonds. The van der Waals surface area contributed by atoms with E-state index in [2.05, 4.69) is 59.7 Å². The first-order valence-corrected chi connectivity index (χ1v) is 8.46. The van der Waals surface area contributed by atoms with Gasteiger partial charge in [0.15, 0.2) is 0 Å². The van der Waals surface area contributed by atoms with Gasteiger partial charge in [0, 0.05) is 0 Å². The van der Waals surface area contributed by atoms with Gasteiger partial charge in [0.2, 0.25) is 0 Å². The zero-order chi connectivity index (χ0) is 15.3. The van der Waals surface area contributed by atoms with Crippen LogP contribution in [0.4, 0.5) is 0 Å². The SMILES string of the molecule is CCc1ccc(C(Cl)CC(C)CC(C)(C)C)cc1CC. The summed E-state index contributed by atoms with van der Waals surface area (Å²) in [6.07, 6.45) is 4.49. The van der Waals surface area contributed by atoms with Crippen LogP contribution in [0.3, 0.4) is 0 Å². The summed E-state index contributed by atoms with van der Waals surface area (Å²) in [6, 6.07) is 6.80. The van der Waals surface area contributed by atoms with Gasteiger partial charge in [0.05, 0.1) is 5.38 Å².